The molecule has 0 bridgehead atoms. The molecule has 0 spiro atoms. The van der Waals surface area contributed by atoms with Crippen molar-refractivity contribution in [3.63, 3.8) is 0 Å². The second kappa shape index (κ2) is 5.37. The van der Waals surface area contributed by atoms with Crippen LogP contribution in [0.1, 0.15) is 18.6 Å². The summed E-state index contributed by atoms with van der Waals surface area (Å²) in [5.41, 5.74) is 0. The van der Waals surface area contributed by atoms with E-state index in [0.717, 1.165) is 0 Å². The molecule has 1 heterocycles. The van der Waals surface area contributed by atoms with Crippen LogP contribution in [0.5, 0.6) is 5.75 Å². The van der Waals surface area contributed by atoms with Crippen molar-refractivity contribution in [2.24, 2.45) is 5.14 Å². The van der Waals surface area contributed by atoms with Crippen LogP contribution in [0.2, 0.25) is 0 Å². The van der Waals surface area contributed by atoms with Crippen molar-refractivity contribution in [1.29, 1.82) is 0 Å². The van der Waals surface area contributed by atoms with Crippen LogP contribution in [0.15, 0.2) is 33.7 Å². The average Bonchev–Trinajstić information content (AvgIpc) is 2.84. The van der Waals surface area contributed by atoms with E-state index in [9.17, 15) is 8.42 Å². The number of hydrogen-bond donors (Lipinski definition) is 1. The van der Waals surface area contributed by atoms with Crippen LogP contribution in [0.3, 0.4) is 0 Å². The second-order valence-corrected chi connectivity index (χ2v) is 5.32. The highest BCUT2D eigenvalue weighted by atomic mass is 32.2. The van der Waals surface area contributed by atoms with Crippen LogP contribution in [0.4, 0.5) is 0 Å². The third kappa shape index (κ3) is 3.52. The Kier molecular flexibility index (Phi) is 3.82. The molecule has 8 heteroatoms. The molecule has 0 saturated heterocycles. The minimum Gasteiger partial charge on any atom is -0.484 e. The van der Waals surface area contributed by atoms with Gasteiger partial charge in [0.05, 0.1) is 4.90 Å². The van der Waals surface area contributed by atoms with Gasteiger partial charge in [0, 0.05) is 6.42 Å². The highest BCUT2D eigenvalue weighted by Gasteiger charge is 2.08. The quantitative estimate of drug-likeness (QED) is 0.871. The summed E-state index contributed by atoms with van der Waals surface area (Å²) in [4.78, 5) is 4.12. The third-order valence-electron chi connectivity index (χ3n) is 2.34. The molecule has 1 aromatic heterocycles. The van der Waals surface area contributed by atoms with Crippen LogP contribution >= 0.6 is 0 Å². The molecule has 0 atom stereocenters. The maximum atomic E-state index is 11.1. The summed E-state index contributed by atoms with van der Waals surface area (Å²) in [5.74, 6) is 1.47. The van der Waals surface area contributed by atoms with Gasteiger partial charge in [-0.3, -0.25) is 0 Å². The number of benzene rings is 1. The van der Waals surface area contributed by atoms with Crippen LogP contribution in [0, 0.1) is 0 Å². The van der Waals surface area contributed by atoms with E-state index in [0.29, 0.717) is 23.9 Å². The monoisotopic (exact) mass is 283 g/mol. The minimum atomic E-state index is -3.68. The topological polar surface area (TPSA) is 108 Å². The first-order valence-electron chi connectivity index (χ1n) is 5.56. The molecule has 7 nitrogen and oxygen atoms in total. The lowest BCUT2D eigenvalue weighted by molar-refractivity contribution is 0.242. The number of nitrogens with two attached hydrogens (primary N) is 1. The molecule has 0 aliphatic rings. The molecule has 2 N–H and O–H groups in total. The van der Waals surface area contributed by atoms with Gasteiger partial charge in [-0.25, -0.2) is 13.6 Å². The molecule has 0 amide bonds. The standard InChI is InChI=1S/C11H13N3O4S/c1-2-10-13-11(18-14-10)7-17-8-3-5-9(6-4-8)19(12,15)16/h3-6H,2,7H2,1H3,(H2,12,15,16). The molecule has 19 heavy (non-hydrogen) atoms. The fraction of sp³-hybridized carbons (Fsp3) is 0.273. The van der Waals surface area contributed by atoms with Crippen molar-refractivity contribution in [3.05, 3.63) is 36.0 Å². The molecular weight excluding hydrogens is 270 g/mol. The molecule has 0 aliphatic heterocycles. The fourth-order valence-electron chi connectivity index (χ4n) is 1.36. The Hall–Kier alpha value is -1.93. The predicted octanol–water partition coefficient (Wildman–Crippen LogP) is 0.858. The van der Waals surface area contributed by atoms with E-state index >= 15 is 0 Å². The summed E-state index contributed by atoms with van der Waals surface area (Å²) in [6.07, 6.45) is 0.687. The molecular formula is C11H13N3O4S. The zero-order valence-corrected chi connectivity index (χ0v) is 11.1. The van der Waals surface area contributed by atoms with Crippen LogP contribution in [0.25, 0.3) is 0 Å². The minimum absolute atomic E-state index is 0.0332. The Morgan fingerprint density at radius 2 is 2.00 bits per heavy atom. The molecule has 2 aromatic rings. The summed E-state index contributed by atoms with van der Waals surface area (Å²) in [6.45, 7) is 2.04. The number of rotatable bonds is 5. The molecule has 0 radical (unpaired) electrons. The highest BCUT2D eigenvalue weighted by Crippen LogP contribution is 2.16. The summed E-state index contributed by atoms with van der Waals surface area (Å²) >= 11 is 0. The smallest absolute Gasteiger partial charge is 0.264 e. The van der Waals surface area contributed by atoms with Gasteiger partial charge in [0.2, 0.25) is 10.0 Å². The van der Waals surface area contributed by atoms with Gasteiger partial charge in [0.1, 0.15) is 5.75 Å². The number of aromatic nitrogens is 2. The van der Waals surface area contributed by atoms with E-state index in [4.69, 9.17) is 14.4 Å². The number of primary sulfonamides is 1. The van der Waals surface area contributed by atoms with Crippen molar-refractivity contribution in [2.45, 2.75) is 24.8 Å². The zero-order chi connectivity index (χ0) is 13.9. The molecule has 0 saturated carbocycles. The van der Waals surface area contributed by atoms with E-state index < -0.39 is 10.0 Å². The summed E-state index contributed by atoms with van der Waals surface area (Å²) in [5, 5.41) is 8.72. The van der Waals surface area contributed by atoms with Gasteiger partial charge in [-0.1, -0.05) is 12.1 Å². The van der Waals surface area contributed by atoms with E-state index in [2.05, 4.69) is 10.1 Å². The second-order valence-electron chi connectivity index (χ2n) is 3.76. The zero-order valence-electron chi connectivity index (χ0n) is 10.2. The van der Waals surface area contributed by atoms with E-state index in [1.165, 1.54) is 24.3 Å². The van der Waals surface area contributed by atoms with E-state index in [-0.39, 0.29) is 11.5 Å². The molecule has 1 aromatic carbocycles. The van der Waals surface area contributed by atoms with Crippen LogP contribution < -0.4 is 9.88 Å². The number of hydrogen-bond acceptors (Lipinski definition) is 6. The third-order valence-corrected chi connectivity index (χ3v) is 3.27. The van der Waals surface area contributed by atoms with Gasteiger partial charge in [0.15, 0.2) is 12.4 Å². The summed E-state index contributed by atoms with van der Waals surface area (Å²) in [7, 11) is -3.68. The van der Waals surface area contributed by atoms with E-state index in [1.54, 1.807) is 0 Å². The highest BCUT2D eigenvalue weighted by molar-refractivity contribution is 7.89. The maximum Gasteiger partial charge on any atom is 0.264 e. The number of aryl methyl sites for hydroxylation is 1. The molecule has 0 aliphatic carbocycles. The van der Waals surface area contributed by atoms with Crippen molar-refractivity contribution in [2.75, 3.05) is 0 Å². The molecule has 102 valence electrons. The van der Waals surface area contributed by atoms with Crippen molar-refractivity contribution in [1.82, 2.24) is 10.1 Å². The molecule has 2 rings (SSSR count). The van der Waals surface area contributed by atoms with Gasteiger partial charge in [0.25, 0.3) is 5.89 Å². The predicted molar refractivity (Wildman–Crippen MR) is 65.8 cm³/mol. The largest absolute Gasteiger partial charge is 0.484 e. The van der Waals surface area contributed by atoms with Gasteiger partial charge in [-0.15, -0.1) is 0 Å². The number of nitrogens with zero attached hydrogens (tertiary/aromatic N) is 2. The normalized spacial score (nSPS) is 11.5. The summed E-state index contributed by atoms with van der Waals surface area (Å²) < 4.78 is 32.5. The summed E-state index contributed by atoms with van der Waals surface area (Å²) in [6, 6.07) is 5.76. The van der Waals surface area contributed by atoms with Gasteiger partial charge in [-0.05, 0) is 24.3 Å². The van der Waals surface area contributed by atoms with Crippen molar-refractivity contribution in [3.8, 4) is 5.75 Å². The van der Waals surface area contributed by atoms with Gasteiger partial charge < -0.3 is 9.26 Å². The lowest BCUT2D eigenvalue weighted by Crippen LogP contribution is -2.11. The van der Waals surface area contributed by atoms with Crippen LogP contribution in [-0.4, -0.2) is 18.6 Å². The Bertz CT molecular complexity index is 649. The number of sulfonamides is 1. The van der Waals surface area contributed by atoms with Crippen LogP contribution in [-0.2, 0) is 23.1 Å². The average molecular weight is 283 g/mol. The van der Waals surface area contributed by atoms with E-state index in [1.807, 2.05) is 6.92 Å². The first kappa shape index (κ1) is 13.5. The van der Waals surface area contributed by atoms with Crippen molar-refractivity contribution < 1.29 is 17.7 Å². The van der Waals surface area contributed by atoms with Crippen molar-refractivity contribution >= 4 is 10.0 Å². The maximum absolute atomic E-state index is 11.1. The molecule has 0 fully saturated rings. The SMILES string of the molecule is CCc1noc(COc2ccc(S(N)(=O)=O)cc2)n1. The number of ether oxygens (including phenoxy) is 1. The Morgan fingerprint density at radius 1 is 1.32 bits per heavy atom. The fourth-order valence-corrected chi connectivity index (χ4v) is 1.88. The molecule has 0 unspecified atom stereocenters. The first-order chi connectivity index (χ1) is 8.99. The first-order valence-corrected chi connectivity index (χ1v) is 7.11. The van der Waals surface area contributed by atoms with Gasteiger partial charge in [-0.2, -0.15) is 4.98 Å². The Labute approximate surface area is 110 Å². The Morgan fingerprint density at radius 3 is 2.53 bits per heavy atom. The lowest BCUT2D eigenvalue weighted by atomic mass is 10.3. The van der Waals surface area contributed by atoms with Gasteiger partial charge >= 0.3 is 0 Å². The Balaban J connectivity index is 2.00. The lowest BCUT2D eigenvalue weighted by Gasteiger charge is -2.03.